The summed E-state index contributed by atoms with van der Waals surface area (Å²) in [5.41, 5.74) is 0.280. The number of aliphatic hydroxyl groups is 1. The predicted octanol–water partition coefficient (Wildman–Crippen LogP) is 2.60. The van der Waals surface area contributed by atoms with E-state index in [0.717, 1.165) is 14.6 Å². The Balaban J connectivity index is 4.39. The van der Waals surface area contributed by atoms with Crippen molar-refractivity contribution in [2.45, 2.75) is 71.9 Å². The first-order valence-electron chi connectivity index (χ1n) is 6.06. The minimum absolute atomic E-state index is 0.196. The van der Waals surface area contributed by atoms with Crippen LogP contribution >= 0.6 is 0 Å². The van der Waals surface area contributed by atoms with Gasteiger partial charge >= 0.3 is 0 Å². The molecule has 0 aliphatic rings. The van der Waals surface area contributed by atoms with Crippen LogP contribution in [0.15, 0.2) is 0 Å². The van der Waals surface area contributed by atoms with Crippen LogP contribution in [-0.2, 0) is 0 Å². The van der Waals surface area contributed by atoms with Gasteiger partial charge in [0.15, 0.2) is 14.6 Å². The Morgan fingerprint density at radius 2 is 1.33 bits per heavy atom. The van der Waals surface area contributed by atoms with Gasteiger partial charge in [-0.2, -0.15) is 0 Å². The van der Waals surface area contributed by atoms with E-state index in [0.29, 0.717) is 5.82 Å². The monoisotopic (exact) mass is 210 g/mol. The Kier molecular flexibility index (Phi) is 4.56. The molecule has 3 heteroatoms. The molecule has 2 atom stereocenters. The third-order valence-corrected chi connectivity index (χ3v) is 3.14. The second-order valence-electron chi connectivity index (χ2n) is 7.71. The molecule has 0 aliphatic carbocycles. The molecule has 0 amide bonds. The molecule has 1 N–H and O–H groups in total. The van der Waals surface area contributed by atoms with Crippen molar-refractivity contribution in [2.75, 3.05) is 0 Å². The SMILES string of the molecule is CC(BC(C)(O)BC(C)(C)C)C(C)(C)C. The van der Waals surface area contributed by atoms with E-state index >= 15 is 0 Å². The highest BCUT2D eigenvalue weighted by Gasteiger charge is 2.35. The predicted molar refractivity (Wildman–Crippen MR) is 73.5 cm³/mol. The van der Waals surface area contributed by atoms with Crippen molar-refractivity contribution in [2.24, 2.45) is 5.41 Å². The maximum Gasteiger partial charge on any atom is 0.156 e. The molecule has 2 unspecified atom stereocenters. The lowest BCUT2D eigenvalue weighted by atomic mass is 9.30. The van der Waals surface area contributed by atoms with Crippen LogP contribution in [0, 0.1) is 5.41 Å². The van der Waals surface area contributed by atoms with Crippen molar-refractivity contribution in [3.8, 4) is 0 Å². The molecule has 0 saturated heterocycles. The first-order valence-corrected chi connectivity index (χ1v) is 6.06. The number of rotatable bonds is 3. The van der Waals surface area contributed by atoms with E-state index in [9.17, 15) is 5.11 Å². The minimum Gasteiger partial charge on any atom is -0.407 e. The highest BCUT2D eigenvalue weighted by Crippen LogP contribution is 2.34. The molecule has 88 valence electrons. The Bertz CT molecular complexity index is 199. The minimum atomic E-state index is -0.537. The average Bonchev–Trinajstić information content (AvgIpc) is 1.76. The van der Waals surface area contributed by atoms with E-state index in [4.69, 9.17) is 0 Å². The van der Waals surface area contributed by atoms with Crippen molar-refractivity contribution < 1.29 is 5.11 Å². The van der Waals surface area contributed by atoms with E-state index in [1.807, 2.05) is 6.92 Å². The third kappa shape index (κ3) is 7.05. The van der Waals surface area contributed by atoms with Gasteiger partial charge in [0.2, 0.25) is 0 Å². The molecular weight excluding hydrogens is 182 g/mol. The normalized spacial score (nSPS) is 19.3. The molecule has 0 rings (SSSR count). The Morgan fingerprint density at radius 1 is 0.933 bits per heavy atom. The first kappa shape index (κ1) is 15.1. The smallest absolute Gasteiger partial charge is 0.156 e. The van der Waals surface area contributed by atoms with Gasteiger partial charge in [0, 0.05) is 5.40 Å². The third-order valence-electron chi connectivity index (χ3n) is 3.14. The largest absolute Gasteiger partial charge is 0.407 e. The second-order valence-corrected chi connectivity index (χ2v) is 7.71. The second kappa shape index (κ2) is 4.53. The lowest BCUT2D eigenvalue weighted by Gasteiger charge is -2.35. The molecule has 0 aliphatic heterocycles. The summed E-state index contributed by atoms with van der Waals surface area (Å²) in [4.78, 5) is 0. The molecule has 0 aromatic rings. The van der Waals surface area contributed by atoms with Crippen LogP contribution in [0.5, 0.6) is 0 Å². The zero-order chi connectivity index (χ0) is 12.5. The molecule has 0 saturated carbocycles. The van der Waals surface area contributed by atoms with Crippen LogP contribution in [0.2, 0.25) is 11.1 Å². The van der Waals surface area contributed by atoms with Gasteiger partial charge in [-0.1, -0.05) is 66.5 Å². The maximum atomic E-state index is 10.4. The van der Waals surface area contributed by atoms with Crippen molar-refractivity contribution >= 4 is 14.6 Å². The molecule has 1 nitrogen and oxygen atoms in total. The molecule has 0 heterocycles. The molecule has 0 aromatic heterocycles. The average molecular weight is 210 g/mol. The summed E-state index contributed by atoms with van der Waals surface area (Å²) < 4.78 is 0. The fourth-order valence-corrected chi connectivity index (χ4v) is 2.18. The Morgan fingerprint density at radius 3 is 1.60 bits per heavy atom. The summed E-state index contributed by atoms with van der Waals surface area (Å²) in [5, 5.41) is 10.0. The van der Waals surface area contributed by atoms with E-state index in [-0.39, 0.29) is 10.7 Å². The highest BCUT2D eigenvalue weighted by molar-refractivity contribution is 6.63. The highest BCUT2D eigenvalue weighted by atomic mass is 16.3. The van der Waals surface area contributed by atoms with E-state index in [1.54, 1.807) is 0 Å². The number of hydrogen-bond acceptors (Lipinski definition) is 1. The quantitative estimate of drug-likeness (QED) is 0.709. The summed E-state index contributed by atoms with van der Waals surface area (Å²) in [5.74, 6) is 0.537. The maximum absolute atomic E-state index is 10.4. The standard InChI is InChI=1S/C12H28B2O/c1-9(10(2,3)4)13-12(8,15)14-11(5,6)7/h9,13-15H,1-8H3. The molecule has 0 spiro atoms. The zero-order valence-corrected chi connectivity index (χ0v) is 11.9. The van der Waals surface area contributed by atoms with Crippen molar-refractivity contribution in [3.05, 3.63) is 0 Å². The molecule has 15 heavy (non-hydrogen) atoms. The van der Waals surface area contributed by atoms with Gasteiger partial charge in [0.1, 0.15) is 0 Å². The van der Waals surface area contributed by atoms with Crippen molar-refractivity contribution in [1.82, 2.24) is 0 Å². The Labute approximate surface area is 97.5 Å². The molecule has 0 fully saturated rings. The summed E-state index contributed by atoms with van der Waals surface area (Å²) in [6.07, 6.45) is 0. The molecule has 0 aromatic carbocycles. The van der Waals surface area contributed by atoms with Crippen LogP contribution in [-0.4, -0.2) is 25.1 Å². The van der Waals surface area contributed by atoms with Crippen LogP contribution in [0.1, 0.15) is 55.4 Å². The van der Waals surface area contributed by atoms with Gasteiger partial charge in [-0.15, -0.1) is 0 Å². The van der Waals surface area contributed by atoms with E-state index in [1.165, 1.54) is 0 Å². The van der Waals surface area contributed by atoms with Crippen molar-refractivity contribution in [3.63, 3.8) is 0 Å². The Hall–Kier alpha value is 0.0899. The van der Waals surface area contributed by atoms with Gasteiger partial charge in [-0.25, -0.2) is 0 Å². The van der Waals surface area contributed by atoms with Crippen LogP contribution in [0.4, 0.5) is 0 Å². The zero-order valence-electron chi connectivity index (χ0n) is 11.9. The van der Waals surface area contributed by atoms with Crippen LogP contribution in [0.3, 0.4) is 0 Å². The first-order chi connectivity index (χ1) is 6.33. The fraction of sp³-hybridized carbons (Fsp3) is 1.00. The van der Waals surface area contributed by atoms with Crippen LogP contribution in [0.25, 0.3) is 0 Å². The summed E-state index contributed by atoms with van der Waals surface area (Å²) in [6, 6.07) is 0. The molecule has 0 radical (unpaired) electrons. The fourth-order valence-electron chi connectivity index (χ4n) is 2.18. The van der Waals surface area contributed by atoms with Gasteiger partial charge in [-0.05, 0) is 5.41 Å². The van der Waals surface area contributed by atoms with Crippen LogP contribution < -0.4 is 0 Å². The summed E-state index contributed by atoms with van der Waals surface area (Å²) in [6.45, 7) is 17.5. The summed E-state index contributed by atoms with van der Waals surface area (Å²) >= 11 is 0. The van der Waals surface area contributed by atoms with Gasteiger partial charge in [-0.3, -0.25) is 0 Å². The van der Waals surface area contributed by atoms with Crippen molar-refractivity contribution in [1.29, 1.82) is 0 Å². The van der Waals surface area contributed by atoms with Gasteiger partial charge < -0.3 is 5.11 Å². The number of hydrogen-bond donors (Lipinski definition) is 1. The topological polar surface area (TPSA) is 20.2 Å². The van der Waals surface area contributed by atoms with E-state index in [2.05, 4.69) is 48.5 Å². The lowest BCUT2D eigenvalue weighted by Crippen LogP contribution is -2.46. The molecule has 0 bridgehead atoms. The molecular formula is C12H28B2O. The lowest BCUT2D eigenvalue weighted by molar-refractivity contribution is 0.216. The summed E-state index contributed by atoms with van der Waals surface area (Å²) in [7, 11) is 1.74. The van der Waals surface area contributed by atoms with Gasteiger partial charge in [0.25, 0.3) is 0 Å². The van der Waals surface area contributed by atoms with Gasteiger partial charge in [0.05, 0.1) is 0 Å². The van der Waals surface area contributed by atoms with E-state index < -0.39 is 5.40 Å².